The second-order valence-corrected chi connectivity index (χ2v) is 12.4. The lowest BCUT2D eigenvalue weighted by atomic mass is 10.0. The summed E-state index contributed by atoms with van der Waals surface area (Å²) in [5.74, 6) is 0.976. The third kappa shape index (κ3) is 7.28. The molecular formula is C31H45N5O2S. The first kappa shape index (κ1) is 29.3. The van der Waals surface area contributed by atoms with Gasteiger partial charge in [-0.2, -0.15) is 0 Å². The van der Waals surface area contributed by atoms with Gasteiger partial charge in [0.15, 0.2) is 0 Å². The van der Waals surface area contributed by atoms with Crippen LogP contribution in [0.3, 0.4) is 0 Å². The number of amides is 2. The molecule has 0 aliphatic carbocycles. The number of nitrogens with one attached hydrogen (secondary N) is 2. The molecule has 1 saturated heterocycles. The zero-order valence-corrected chi connectivity index (χ0v) is 25.0. The first-order valence-electron chi connectivity index (χ1n) is 14.6. The Morgan fingerprint density at radius 1 is 1.18 bits per heavy atom. The van der Waals surface area contributed by atoms with Crippen molar-refractivity contribution in [2.45, 2.75) is 90.8 Å². The van der Waals surface area contributed by atoms with E-state index in [1.54, 1.807) is 11.3 Å². The van der Waals surface area contributed by atoms with E-state index in [-0.39, 0.29) is 17.7 Å². The van der Waals surface area contributed by atoms with Gasteiger partial charge in [0.1, 0.15) is 11.9 Å². The molecule has 1 aromatic carbocycles. The number of thiophene rings is 1. The van der Waals surface area contributed by atoms with Crippen molar-refractivity contribution in [3.05, 3.63) is 52.0 Å². The third-order valence-corrected chi connectivity index (χ3v) is 8.90. The molecular weight excluding hydrogens is 506 g/mol. The van der Waals surface area contributed by atoms with E-state index in [0.717, 1.165) is 49.1 Å². The first-order chi connectivity index (χ1) is 18.8. The van der Waals surface area contributed by atoms with E-state index < -0.39 is 6.04 Å². The Labute approximate surface area is 237 Å². The molecule has 1 aliphatic rings. The topological polar surface area (TPSA) is 79.3 Å². The highest BCUT2D eigenvalue weighted by atomic mass is 32.1. The van der Waals surface area contributed by atoms with Crippen molar-refractivity contribution in [1.29, 1.82) is 0 Å². The number of carbonyl (C=O) groups is 2. The molecule has 1 fully saturated rings. The van der Waals surface area contributed by atoms with Gasteiger partial charge in [0, 0.05) is 35.5 Å². The molecule has 0 radical (unpaired) electrons. The lowest BCUT2D eigenvalue weighted by molar-refractivity contribution is -0.123. The number of imidazole rings is 1. The molecule has 2 atom stereocenters. The van der Waals surface area contributed by atoms with Crippen molar-refractivity contribution in [3.8, 4) is 0 Å². The van der Waals surface area contributed by atoms with Crippen molar-refractivity contribution >= 4 is 34.2 Å². The Morgan fingerprint density at radius 3 is 2.62 bits per heavy atom. The molecule has 3 heterocycles. The Balaban J connectivity index is 1.50. The highest BCUT2D eigenvalue weighted by Gasteiger charge is 2.25. The van der Waals surface area contributed by atoms with E-state index in [4.69, 9.17) is 4.98 Å². The average molecular weight is 552 g/mol. The molecule has 1 aliphatic heterocycles. The van der Waals surface area contributed by atoms with Crippen molar-refractivity contribution in [1.82, 2.24) is 25.1 Å². The number of hydrogen-bond acceptors (Lipinski definition) is 5. The van der Waals surface area contributed by atoms with Gasteiger partial charge in [-0.1, -0.05) is 33.8 Å². The summed E-state index contributed by atoms with van der Waals surface area (Å²) in [6.07, 6.45) is 6.75. The number of hydrogen-bond donors (Lipinski definition) is 2. The van der Waals surface area contributed by atoms with E-state index in [1.165, 1.54) is 17.7 Å². The van der Waals surface area contributed by atoms with Crippen LogP contribution in [0.2, 0.25) is 0 Å². The highest BCUT2D eigenvalue weighted by molar-refractivity contribution is 7.09. The summed E-state index contributed by atoms with van der Waals surface area (Å²) < 4.78 is 2.35. The molecule has 3 aromatic rings. The maximum atomic E-state index is 13.4. The molecule has 2 amide bonds. The summed E-state index contributed by atoms with van der Waals surface area (Å²) in [6.45, 7) is 10.3. The van der Waals surface area contributed by atoms with Gasteiger partial charge < -0.3 is 20.1 Å². The van der Waals surface area contributed by atoms with Crippen molar-refractivity contribution in [2.24, 2.45) is 5.92 Å². The fourth-order valence-electron chi connectivity index (χ4n) is 5.82. The van der Waals surface area contributed by atoms with Crippen molar-refractivity contribution in [2.75, 3.05) is 20.1 Å². The summed E-state index contributed by atoms with van der Waals surface area (Å²) >= 11 is 1.74. The largest absolute Gasteiger partial charge is 0.354 e. The standard InChI is InChI=1S/C31H45N5O2S/c1-6-23(7-2)36-28-13-12-22(19-26(28)33-29(36)20-25-11-9-17-39-25)30(37)34-27(18-21(3)4)31(38)32-15-14-24-10-8-16-35(24)5/h9,11-13,17,19,21,23-24,27H,6-8,10,14-16,18,20H2,1-5H3,(H,32,38)(H,34,37)/t24?,27-/m0/s1. The molecule has 7 nitrogen and oxygen atoms in total. The van der Waals surface area contributed by atoms with Crippen LogP contribution < -0.4 is 10.6 Å². The van der Waals surface area contributed by atoms with Gasteiger partial charge in [-0.05, 0) is 87.7 Å². The molecule has 39 heavy (non-hydrogen) atoms. The maximum absolute atomic E-state index is 13.4. The average Bonchev–Trinajstić information content (AvgIpc) is 3.65. The van der Waals surface area contributed by atoms with E-state index in [2.05, 4.69) is 72.4 Å². The van der Waals surface area contributed by atoms with Crippen LogP contribution in [0, 0.1) is 5.92 Å². The molecule has 2 N–H and O–H groups in total. The Morgan fingerprint density at radius 2 is 1.97 bits per heavy atom. The van der Waals surface area contributed by atoms with Crippen LogP contribution in [0.25, 0.3) is 11.0 Å². The van der Waals surface area contributed by atoms with Crippen LogP contribution in [0.4, 0.5) is 0 Å². The van der Waals surface area contributed by atoms with Gasteiger partial charge in [-0.15, -0.1) is 11.3 Å². The number of nitrogens with zero attached hydrogens (tertiary/aromatic N) is 3. The number of aromatic nitrogens is 2. The summed E-state index contributed by atoms with van der Waals surface area (Å²) in [6, 6.07) is 10.3. The summed E-state index contributed by atoms with van der Waals surface area (Å²) in [7, 11) is 2.15. The van der Waals surface area contributed by atoms with E-state index in [0.29, 0.717) is 30.6 Å². The molecule has 0 saturated carbocycles. The Hall–Kier alpha value is -2.71. The van der Waals surface area contributed by atoms with E-state index in [9.17, 15) is 9.59 Å². The Kier molecular flexibility index (Phi) is 10.2. The molecule has 0 spiro atoms. The van der Waals surface area contributed by atoms with Crippen molar-refractivity contribution in [3.63, 3.8) is 0 Å². The van der Waals surface area contributed by atoms with Crippen LogP contribution >= 0.6 is 11.3 Å². The quantitative estimate of drug-likeness (QED) is 0.282. The molecule has 1 unspecified atom stereocenters. The fraction of sp³-hybridized carbons (Fsp3) is 0.581. The summed E-state index contributed by atoms with van der Waals surface area (Å²) in [5.41, 5.74) is 2.42. The molecule has 212 valence electrons. The van der Waals surface area contributed by atoms with E-state index >= 15 is 0 Å². The van der Waals surface area contributed by atoms with Gasteiger partial charge in [0.25, 0.3) is 5.91 Å². The van der Waals surface area contributed by atoms with E-state index in [1.807, 2.05) is 18.2 Å². The minimum atomic E-state index is -0.564. The zero-order chi connectivity index (χ0) is 27.9. The van der Waals surface area contributed by atoms with Crippen LogP contribution in [0.15, 0.2) is 35.7 Å². The third-order valence-electron chi connectivity index (χ3n) is 8.02. The van der Waals surface area contributed by atoms with Gasteiger partial charge in [0.2, 0.25) is 5.91 Å². The number of likely N-dealkylation sites (tertiary alicyclic amines) is 1. The van der Waals surface area contributed by atoms with Crippen LogP contribution in [-0.4, -0.2) is 58.5 Å². The number of rotatable bonds is 13. The predicted octanol–water partition coefficient (Wildman–Crippen LogP) is 5.79. The Bertz CT molecular complexity index is 1230. The van der Waals surface area contributed by atoms with Crippen LogP contribution in [0.5, 0.6) is 0 Å². The number of benzene rings is 1. The van der Waals surface area contributed by atoms with Gasteiger partial charge >= 0.3 is 0 Å². The first-order valence-corrected chi connectivity index (χ1v) is 15.5. The van der Waals surface area contributed by atoms with Crippen LogP contribution in [-0.2, 0) is 11.2 Å². The zero-order valence-electron chi connectivity index (χ0n) is 24.2. The molecule has 4 rings (SSSR count). The number of carbonyl (C=O) groups excluding carboxylic acids is 2. The second kappa shape index (κ2) is 13.6. The van der Waals surface area contributed by atoms with Crippen LogP contribution in [0.1, 0.15) is 93.3 Å². The van der Waals surface area contributed by atoms with Gasteiger partial charge in [-0.3, -0.25) is 9.59 Å². The lowest BCUT2D eigenvalue weighted by Gasteiger charge is -2.22. The van der Waals surface area contributed by atoms with Crippen molar-refractivity contribution < 1.29 is 9.59 Å². The summed E-state index contributed by atoms with van der Waals surface area (Å²) in [5, 5.41) is 8.21. The van der Waals surface area contributed by atoms with Gasteiger partial charge in [0.05, 0.1) is 11.0 Å². The lowest BCUT2D eigenvalue weighted by Crippen LogP contribution is -2.48. The summed E-state index contributed by atoms with van der Waals surface area (Å²) in [4.78, 5) is 35.1. The second-order valence-electron chi connectivity index (χ2n) is 11.3. The maximum Gasteiger partial charge on any atom is 0.252 e. The fourth-order valence-corrected chi connectivity index (χ4v) is 6.52. The molecule has 8 heteroatoms. The smallest absolute Gasteiger partial charge is 0.252 e. The SMILES string of the molecule is CCC(CC)n1c(Cc2cccs2)nc2cc(C(=O)N[C@@H](CC(C)C)C(=O)NCCC3CCCN3C)ccc21. The molecule has 0 bridgehead atoms. The minimum Gasteiger partial charge on any atom is -0.354 e. The highest BCUT2D eigenvalue weighted by Crippen LogP contribution is 2.28. The predicted molar refractivity (Wildman–Crippen MR) is 160 cm³/mol. The molecule has 2 aromatic heterocycles. The number of fused-ring (bicyclic) bond motifs is 1. The minimum absolute atomic E-state index is 0.102. The van der Waals surface area contributed by atoms with Gasteiger partial charge in [-0.25, -0.2) is 4.98 Å². The monoisotopic (exact) mass is 551 g/mol. The normalized spacial score (nSPS) is 16.8.